The zero-order chi connectivity index (χ0) is 17.6. The van der Waals surface area contributed by atoms with Crippen LogP contribution in [0.15, 0.2) is 67.0 Å². The minimum Gasteiger partial charge on any atom is -0.507 e. The summed E-state index contributed by atoms with van der Waals surface area (Å²) in [4.78, 5) is 0. The van der Waals surface area contributed by atoms with E-state index >= 15 is 0 Å². The van der Waals surface area contributed by atoms with E-state index in [9.17, 15) is 5.11 Å². The van der Waals surface area contributed by atoms with Gasteiger partial charge in [0.25, 0.3) is 0 Å². The van der Waals surface area contributed by atoms with Gasteiger partial charge in [0, 0.05) is 11.5 Å². The first-order valence-electron chi connectivity index (χ1n) is 9.02. The van der Waals surface area contributed by atoms with Crippen molar-refractivity contribution in [2.75, 3.05) is 0 Å². The number of hydrogen-bond donors (Lipinski definition) is 1. The summed E-state index contributed by atoms with van der Waals surface area (Å²) in [5, 5.41) is 10.7. The normalized spacial score (nSPS) is 17.0. The van der Waals surface area contributed by atoms with Crippen LogP contribution >= 0.6 is 0 Å². The largest absolute Gasteiger partial charge is 0.507 e. The molecule has 0 saturated carbocycles. The van der Waals surface area contributed by atoms with Gasteiger partial charge in [-0.15, -0.1) is 0 Å². The molecule has 2 aromatic rings. The molecule has 2 nitrogen and oxygen atoms in total. The maximum Gasteiger partial charge on any atom is 0.134 e. The molecule has 0 radical (unpaired) electrons. The van der Waals surface area contributed by atoms with Gasteiger partial charge in [-0.3, -0.25) is 0 Å². The number of aromatic hydroxyl groups is 1. The van der Waals surface area contributed by atoms with Crippen LogP contribution in [0.5, 0.6) is 11.5 Å². The molecule has 1 aliphatic rings. The van der Waals surface area contributed by atoms with Gasteiger partial charge in [-0.25, -0.2) is 0 Å². The summed E-state index contributed by atoms with van der Waals surface area (Å²) in [5.74, 6) is 1.28. The molecule has 0 amide bonds. The number of phenols is 1. The Morgan fingerprint density at radius 2 is 1.92 bits per heavy atom. The molecule has 0 heterocycles. The Kier molecular flexibility index (Phi) is 5.60. The summed E-state index contributed by atoms with van der Waals surface area (Å²) in [7, 11) is 0. The zero-order valence-electron chi connectivity index (χ0n) is 14.9. The zero-order valence-corrected chi connectivity index (χ0v) is 14.9. The van der Waals surface area contributed by atoms with Crippen molar-refractivity contribution in [1.82, 2.24) is 0 Å². The lowest BCUT2D eigenvalue weighted by atomic mass is 9.84. The summed E-state index contributed by atoms with van der Waals surface area (Å²) in [6, 6.07) is 14.3. The summed E-state index contributed by atoms with van der Waals surface area (Å²) in [5.41, 5.74) is 4.65. The minimum atomic E-state index is 0.215. The first-order chi connectivity index (χ1) is 12.2. The molecule has 0 aromatic heterocycles. The second-order valence-electron chi connectivity index (χ2n) is 6.81. The van der Waals surface area contributed by atoms with Crippen LogP contribution in [0.1, 0.15) is 48.8 Å². The quantitative estimate of drug-likeness (QED) is 0.525. The van der Waals surface area contributed by atoms with Crippen LogP contribution in [0.2, 0.25) is 0 Å². The summed E-state index contributed by atoms with van der Waals surface area (Å²) < 4.78 is 5.67. The predicted molar refractivity (Wildman–Crippen MR) is 103 cm³/mol. The summed E-state index contributed by atoms with van der Waals surface area (Å²) >= 11 is 0. The number of allylic oxidation sites excluding steroid dienone is 2. The molecule has 0 bridgehead atoms. The molecule has 1 N–H and O–H groups in total. The highest BCUT2D eigenvalue weighted by Gasteiger charge is 2.22. The van der Waals surface area contributed by atoms with Gasteiger partial charge in [-0.2, -0.15) is 0 Å². The highest BCUT2D eigenvalue weighted by molar-refractivity contribution is 5.52. The molecule has 25 heavy (non-hydrogen) atoms. The van der Waals surface area contributed by atoms with Crippen molar-refractivity contribution < 1.29 is 9.84 Å². The van der Waals surface area contributed by atoms with Gasteiger partial charge in [0.15, 0.2) is 0 Å². The van der Waals surface area contributed by atoms with Gasteiger partial charge >= 0.3 is 0 Å². The molecule has 1 aliphatic carbocycles. The van der Waals surface area contributed by atoms with Crippen LogP contribution in [-0.4, -0.2) is 5.11 Å². The highest BCUT2D eigenvalue weighted by atomic mass is 16.5. The van der Waals surface area contributed by atoms with E-state index in [1.54, 1.807) is 0 Å². The van der Waals surface area contributed by atoms with Crippen molar-refractivity contribution in [2.45, 2.75) is 44.9 Å². The van der Waals surface area contributed by atoms with Gasteiger partial charge < -0.3 is 9.84 Å². The molecular weight excluding hydrogens is 308 g/mol. The first kappa shape index (κ1) is 17.3. The molecular formula is C23H26O2. The van der Waals surface area contributed by atoms with Gasteiger partial charge in [-0.1, -0.05) is 48.6 Å². The number of ether oxygens (including phenoxy) is 1. The Balaban J connectivity index is 1.87. The maximum atomic E-state index is 10.7. The molecule has 0 aliphatic heterocycles. The molecule has 3 rings (SSSR count). The van der Waals surface area contributed by atoms with E-state index in [0.717, 1.165) is 49.0 Å². The van der Waals surface area contributed by atoms with E-state index < -0.39 is 0 Å². The van der Waals surface area contributed by atoms with Crippen LogP contribution in [0.4, 0.5) is 0 Å². The van der Waals surface area contributed by atoms with Crippen LogP contribution in [0.3, 0.4) is 0 Å². The predicted octanol–water partition coefficient (Wildman–Crippen LogP) is 5.91. The fourth-order valence-corrected chi connectivity index (χ4v) is 3.64. The Bertz CT molecular complexity index is 759. The first-order valence-corrected chi connectivity index (χ1v) is 9.02. The van der Waals surface area contributed by atoms with E-state index in [1.165, 1.54) is 17.4 Å². The number of benzene rings is 2. The lowest BCUT2D eigenvalue weighted by Gasteiger charge is -2.23. The number of aryl methyl sites for hydroxylation is 2. The number of hydrogen-bond acceptors (Lipinski definition) is 2. The number of rotatable bonds is 6. The van der Waals surface area contributed by atoms with E-state index in [2.05, 4.69) is 49.9 Å². The smallest absolute Gasteiger partial charge is 0.134 e. The molecule has 130 valence electrons. The lowest BCUT2D eigenvalue weighted by Crippen LogP contribution is -2.05. The van der Waals surface area contributed by atoms with Crippen LogP contribution in [0.25, 0.3) is 0 Å². The average molecular weight is 334 g/mol. The van der Waals surface area contributed by atoms with Crippen molar-refractivity contribution in [3.63, 3.8) is 0 Å². The molecule has 0 spiro atoms. The molecule has 1 atom stereocenters. The highest BCUT2D eigenvalue weighted by Crippen LogP contribution is 2.42. The van der Waals surface area contributed by atoms with Crippen LogP contribution < -0.4 is 4.74 Å². The van der Waals surface area contributed by atoms with Gasteiger partial charge in [0.1, 0.15) is 11.5 Å². The Morgan fingerprint density at radius 3 is 2.64 bits per heavy atom. The van der Waals surface area contributed by atoms with Crippen molar-refractivity contribution in [2.24, 2.45) is 0 Å². The second kappa shape index (κ2) is 8.06. The Hall–Kier alpha value is -2.48. The van der Waals surface area contributed by atoms with Crippen molar-refractivity contribution in [1.29, 1.82) is 0 Å². The SMILES string of the molecule is C=COc1cc(CCc2ccccc2)cc(O)c1C1C=C(C)CCC1. The fraction of sp³-hybridized carbons (Fsp3) is 0.304. The van der Waals surface area contributed by atoms with E-state index in [-0.39, 0.29) is 5.92 Å². The monoisotopic (exact) mass is 334 g/mol. The molecule has 2 heteroatoms. The maximum absolute atomic E-state index is 10.7. The van der Waals surface area contributed by atoms with Crippen LogP contribution in [-0.2, 0) is 12.8 Å². The van der Waals surface area contributed by atoms with E-state index in [1.807, 2.05) is 12.1 Å². The van der Waals surface area contributed by atoms with Gasteiger partial charge in [0.05, 0.1) is 6.26 Å². The van der Waals surface area contributed by atoms with Crippen molar-refractivity contribution >= 4 is 0 Å². The lowest BCUT2D eigenvalue weighted by molar-refractivity contribution is 0.433. The van der Waals surface area contributed by atoms with Crippen molar-refractivity contribution in [3.8, 4) is 11.5 Å². The Morgan fingerprint density at radius 1 is 1.16 bits per heavy atom. The van der Waals surface area contributed by atoms with Gasteiger partial charge in [0.2, 0.25) is 0 Å². The second-order valence-corrected chi connectivity index (χ2v) is 6.81. The third-order valence-corrected chi connectivity index (χ3v) is 4.88. The molecule has 1 unspecified atom stereocenters. The number of phenolic OH excluding ortho intramolecular Hbond substituents is 1. The molecule has 0 fully saturated rings. The minimum absolute atomic E-state index is 0.215. The van der Waals surface area contributed by atoms with E-state index in [0.29, 0.717) is 5.75 Å². The van der Waals surface area contributed by atoms with Gasteiger partial charge in [-0.05, 0) is 62.3 Å². The standard InChI is InChI=1S/C23H26O2/c1-3-25-22-16-19(13-12-18-9-5-4-6-10-18)15-21(24)23(22)20-11-7-8-17(2)14-20/h3-6,9-10,14-16,20,24H,1,7-8,11-13H2,2H3. The summed E-state index contributed by atoms with van der Waals surface area (Å²) in [6.07, 6.45) is 8.85. The third-order valence-electron chi connectivity index (χ3n) is 4.88. The topological polar surface area (TPSA) is 29.5 Å². The Labute approximate surface area is 150 Å². The molecule has 0 saturated heterocycles. The fourth-order valence-electron chi connectivity index (χ4n) is 3.64. The van der Waals surface area contributed by atoms with Crippen molar-refractivity contribution in [3.05, 3.63) is 83.6 Å². The van der Waals surface area contributed by atoms with E-state index in [4.69, 9.17) is 4.74 Å². The van der Waals surface area contributed by atoms with Crippen LogP contribution in [0, 0.1) is 0 Å². The average Bonchev–Trinajstić information content (AvgIpc) is 2.61. The summed E-state index contributed by atoms with van der Waals surface area (Å²) in [6.45, 7) is 5.85. The third kappa shape index (κ3) is 4.33. The molecule has 2 aromatic carbocycles.